The lowest BCUT2D eigenvalue weighted by atomic mass is 10.0. The molecule has 1 fully saturated rings. The Hall–Kier alpha value is -3.60. The van der Waals surface area contributed by atoms with Crippen molar-refractivity contribution < 1.29 is 14.4 Å². The molecule has 3 aromatic heterocycles. The predicted molar refractivity (Wildman–Crippen MR) is 152 cm³/mol. The molecule has 2 N–H and O–H groups in total. The van der Waals surface area contributed by atoms with E-state index in [0.717, 1.165) is 58.3 Å². The molecule has 11 heteroatoms. The number of ether oxygens (including phenoxy) is 1. The summed E-state index contributed by atoms with van der Waals surface area (Å²) < 4.78 is 11.4. The van der Waals surface area contributed by atoms with Crippen molar-refractivity contribution in [2.75, 3.05) is 25.1 Å². The smallest absolute Gasteiger partial charge is 0.163 e. The van der Waals surface area contributed by atoms with E-state index >= 15 is 0 Å². The first-order valence-electron chi connectivity index (χ1n) is 13.5. The van der Waals surface area contributed by atoms with Crippen molar-refractivity contribution in [1.29, 1.82) is 0 Å². The van der Waals surface area contributed by atoms with Crippen LogP contribution in [0.2, 0.25) is 5.02 Å². The van der Waals surface area contributed by atoms with E-state index in [1.54, 1.807) is 19.2 Å². The van der Waals surface area contributed by atoms with Gasteiger partial charge < -0.3 is 24.6 Å². The van der Waals surface area contributed by atoms with Crippen LogP contribution in [-0.4, -0.2) is 56.5 Å². The Bertz CT molecular complexity index is 1550. The Morgan fingerprint density at radius 3 is 2.73 bits per heavy atom. The third-order valence-corrected chi connectivity index (χ3v) is 7.70. The second kappa shape index (κ2) is 10.8. The number of aliphatic hydroxyl groups excluding tert-OH is 1. The minimum atomic E-state index is -0.641. The number of benzene rings is 1. The third kappa shape index (κ3) is 5.14. The zero-order valence-corrected chi connectivity index (χ0v) is 23.8. The molecule has 0 amide bonds. The summed E-state index contributed by atoms with van der Waals surface area (Å²) in [6.45, 7) is 7.67. The summed E-state index contributed by atoms with van der Waals surface area (Å²) in [4.78, 5) is 21.8. The van der Waals surface area contributed by atoms with Gasteiger partial charge in [0.05, 0.1) is 34.2 Å². The van der Waals surface area contributed by atoms with Gasteiger partial charge in [0.2, 0.25) is 0 Å². The zero-order valence-electron chi connectivity index (χ0n) is 23.0. The molecule has 6 rings (SSSR count). The molecule has 4 heterocycles. The summed E-state index contributed by atoms with van der Waals surface area (Å²) in [6, 6.07) is 5.34. The van der Waals surface area contributed by atoms with E-state index in [-0.39, 0.29) is 6.61 Å². The van der Waals surface area contributed by atoms with E-state index < -0.39 is 6.10 Å². The standard InChI is InChI=1S/C29H32ClN7O3/c1-15-26(25-16(2)36-40-17(25)3)34-28(22-9-21(7-8-23(22)30)39-14-20(38)11-31-4)35-29(15)37-12-19-10-32-27(18-5-6-18)33-24(19)13-37/h7-10,18,20,31,38H,5-6,11-14H2,1-4H3. The van der Waals surface area contributed by atoms with Gasteiger partial charge in [-0.1, -0.05) is 16.8 Å². The number of halogens is 1. The molecular formula is C29H32ClN7O3. The van der Waals surface area contributed by atoms with E-state index in [0.29, 0.717) is 53.5 Å². The molecule has 0 spiro atoms. The van der Waals surface area contributed by atoms with Gasteiger partial charge in [-0.15, -0.1) is 0 Å². The molecule has 1 unspecified atom stereocenters. The summed E-state index contributed by atoms with van der Waals surface area (Å²) in [5, 5.41) is 17.7. The SMILES string of the molecule is CNCC(O)COc1ccc(Cl)c(-c2nc(-c3c(C)noc3C)c(C)c(N3Cc4cnc(C5CC5)nc4C3)n2)c1. The van der Waals surface area contributed by atoms with Crippen LogP contribution in [0, 0.1) is 20.8 Å². The van der Waals surface area contributed by atoms with E-state index in [1.807, 2.05) is 33.0 Å². The largest absolute Gasteiger partial charge is 0.491 e. The molecule has 1 saturated carbocycles. The molecule has 2 aliphatic rings. The molecule has 4 aromatic rings. The van der Waals surface area contributed by atoms with Crippen LogP contribution < -0.4 is 15.0 Å². The first kappa shape index (κ1) is 26.6. The van der Waals surface area contributed by atoms with Crippen molar-refractivity contribution in [3.8, 4) is 28.4 Å². The fourth-order valence-corrected chi connectivity index (χ4v) is 5.31. The highest BCUT2D eigenvalue weighted by atomic mass is 35.5. The molecule has 1 atom stereocenters. The maximum atomic E-state index is 10.1. The maximum Gasteiger partial charge on any atom is 0.163 e. The zero-order chi connectivity index (χ0) is 28.0. The van der Waals surface area contributed by atoms with E-state index in [1.165, 1.54) is 0 Å². The second-order valence-corrected chi connectivity index (χ2v) is 10.9. The molecule has 0 radical (unpaired) electrons. The van der Waals surface area contributed by atoms with Crippen LogP contribution in [0.4, 0.5) is 5.82 Å². The van der Waals surface area contributed by atoms with E-state index in [4.69, 9.17) is 35.8 Å². The number of hydrogen-bond donors (Lipinski definition) is 2. The summed E-state index contributed by atoms with van der Waals surface area (Å²) >= 11 is 6.70. The predicted octanol–water partition coefficient (Wildman–Crippen LogP) is 4.52. The van der Waals surface area contributed by atoms with Crippen molar-refractivity contribution in [2.24, 2.45) is 0 Å². The average Bonchev–Trinajstić information content (AvgIpc) is 3.62. The quantitative estimate of drug-likeness (QED) is 0.301. The Morgan fingerprint density at radius 2 is 2.00 bits per heavy atom. The summed E-state index contributed by atoms with van der Waals surface area (Å²) in [7, 11) is 1.78. The molecule has 208 valence electrons. The van der Waals surface area contributed by atoms with Crippen molar-refractivity contribution in [3.63, 3.8) is 0 Å². The molecule has 0 bridgehead atoms. The molecule has 0 saturated heterocycles. The van der Waals surface area contributed by atoms with Crippen molar-refractivity contribution in [2.45, 2.75) is 58.7 Å². The topological polar surface area (TPSA) is 122 Å². The van der Waals surface area contributed by atoms with Gasteiger partial charge in [-0.25, -0.2) is 19.9 Å². The minimum absolute atomic E-state index is 0.141. The van der Waals surface area contributed by atoms with Crippen LogP contribution in [0.25, 0.3) is 22.6 Å². The number of aryl methyl sites for hydroxylation is 2. The normalized spacial score (nSPS) is 15.4. The summed E-state index contributed by atoms with van der Waals surface area (Å²) in [5.74, 6) is 3.94. The molecular weight excluding hydrogens is 530 g/mol. The molecule has 1 aliphatic carbocycles. The number of aromatic nitrogens is 5. The number of anilines is 1. The first-order valence-corrected chi connectivity index (χ1v) is 13.9. The van der Waals surface area contributed by atoms with Gasteiger partial charge in [0, 0.05) is 41.9 Å². The Kier molecular flexibility index (Phi) is 7.16. The lowest BCUT2D eigenvalue weighted by molar-refractivity contribution is 0.108. The van der Waals surface area contributed by atoms with Gasteiger partial charge >= 0.3 is 0 Å². The number of hydrogen-bond acceptors (Lipinski definition) is 10. The van der Waals surface area contributed by atoms with Crippen LogP contribution in [0.1, 0.15) is 52.9 Å². The monoisotopic (exact) mass is 561 g/mol. The Morgan fingerprint density at radius 1 is 1.18 bits per heavy atom. The minimum Gasteiger partial charge on any atom is -0.491 e. The number of nitrogens with zero attached hydrogens (tertiary/aromatic N) is 6. The van der Waals surface area contributed by atoms with Crippen LogP contribution >= 0.6 is 11.6 Å². The lowest BCUT2D eigenvalue weighted by Crippen LogP contribution is -2.29. The highest BCUT2D eigenvalue weighted by Gasteiger charge is 2.31. The van der Waals surface area contributed by atoms with Gasteiger partial charge in [0.25, 0.3) is 0 Å². The van der Waals surface area contributed by atoms with Gasteiger partial charge in [0.1, 0.15) is 35.9 Å². The van der Waals surface area contributed by atoms with Gasteiger partial charge in [-0.2, -0.15) is 0 Å². The lowest BCUT2D eigenvalue weighted by Gasteiger charge is -2.22. The molecule has 1 aromatic carbocycles. The number of rotatable bonds is 9. The Balaban J connectivity index is 1.41. The van der Waals surface area contributed by atoms with E-state index in [2.05, 4.69) is 20.4 Å². The number of likely N-dealkylation sites (N-methyl/N-ethyl adjacent to an activating group) is 1. The summed E-state index contributed by atoms with van der Waals surface area (Å²) in [5.41, 5.74) is 6.03. The van der Waals surface area contributed by atoms with Crippen LogP contribution in [0.15, 0.2) is 28.9 Å². The van der Waals surface area contributed by atoms with Crippen LogP contribution in [0.5, 0.6) is 5.75 Å². The van der Waals surface area contributed by atoms with Gasteiger partial charge in [0.15, 0.2) is 5.82 Å². The van der Waals surface area contributed by atoms with Crippen molar-refractivity contribution in [3.05, 3.63) is 63.5 Å². The van der Waals surface area contributed by atoms with Crippen molar-refractivity contribution >= 4 is 17.4 Å². The second-order valence-electron chi connectivity index (χ2n) is 10.5. The number of nitrogens with one attached hydrogen (secondary N) is 1. The summed E-state index contributed by atoms with van der Waals surface area (Å²) in [6.07, 6.45) is 3.64. The molecule has 10 nitrogen and oxygen atoms in total. The molecule has 1 aliphatic heterocycles. The van der Waals surface area contributed by atoms with Crippen molar-refractivity contribution in [1.82, 2.24) is 30.4 Å². The molecule has 40 heavy (non-hydrogen) atoms. The highest BCUT2D eigenvalue weighted by molar-refractivity contribution is 6.33. The fraction of sp³-hybridized carbons (Fsp3) is 0.414. The third-order valence-electron chi connectivity index (χ3n) is 7.37. The fourth-order valence-electron chi connectivity index (χ4n) is 5.11. The Labute approximate surface area is 237 Å². The average molecular weight is 562 g/mol. The number of aliphatic hydroxyl groups is 1. The number of fused-ring (bicyclic) bond motifs is 1. The maximum absolute atomic E-state index is 10.1. The highest BCUT2D eigenvalue weighted by Crippen LogP contribution is 2.41. The van der Waals surface area contributed by atoms with E-state index in [9.17, 15) is 5.11 Å². The van der Waals surface area contributed by atoms with Crippen LogP contribution in [-0.2, 0) is 13.1 Å². The van der Waals surface area contributed by atoms with Crippen LogP contribution in [0.3, 0.4) is 0 Å². The van der Waals surface area contributed by atoms with Gasteiger partial charge in [-0.3, -0.25) is 0 Å². The van der Waals surface area contributed by atoms with Gasteiger partial charge in [-0.05, 0) is 58.9 Å². The first-order chi connectivity index (χ1) is 19.3.